The maximum absolute atomic E-state index is 12.0. The molecular weight excluding hydrogens is 209 g/mol. The van der Waals surface area contributed by atoms with Crippen molar-refractivity contribution in [1.82, 2.24) is 10.6 Å². The third kappa shape index (κ3) is 3.09. The molecule has 1 heterocycles. The molecule has 0 saturated carbocycles. The number of halogens is 3. The van der Waals surface area contributed by atoms with Crippen LogP contribution in [0, 0.1) is 5.92 Å². The maximum Gasteiger partial charge on any atom is 0.471 e. The highest BCUT2D eigenvalue weighted by molar-refractivity contribution is 5.82. The highest BCUT2D eigenvalue weighted by atomic mass is 19.4. The van der Waals surface area contributed by atoms with Crippen molar-refractivity contribution in [3.8, 4) is 0 Å². The molecule has 3 nitrogen and oxygen atoms in total. The van der Waals surface area contributed by atoms with Gasteiger partial charge in [0.1, 0.15) is 0 Å². The first-order valence-corrected chi connectivity index (χ1v) is 4.93. The molecule has 6 heteroatoms. The Balaban J connectivity index is 2.59. The molecule has 1 aliphatic heterocycles. The van der Waals surface area contributed by atoms with E-state index in [-0.39, 0.29) is 12.0 Å². The summed E-state index contributed by atoms with van der Waals surface area (Å²) < 4.78 is 36.1. The van der Waals surface area contributed by atoms with Gasteiger partial charge in [-0.1, -0.05) is 6.92 Å². The molecule has 88 valence electrons. The molecule has 0 unspecified atom stereocenters. The van der Waals surface area contributed by atoms with Crippen molar-refractivity contribution in [1.29, 1.82) is 0 Å². The quantitative estimate of drug-likeness (QED) is 0.699. The molecule has 0 aromatic heterocycles. The molecule has 1 saturated heterocycles. The van der Waals surface area contributed by atoms with Gasteiger partial charge in [-0.25, -0.2) is 0 Å². The number of piperidine rings is 1. The smallest absolute Gasteiger partial charge is 0.344 e. The fraction of sp³-hybridized carbons (Fsp3) is 0.889. The molecule has 0 bridgehead atoms. The fourth-order valence-corrected chi connectivity index (χ4v) is 1.84. The molecule has 1 rings (SSSR count). The molecule has 15 heavy (non-hydrogen) atoms. The number of nitrogens with one attached hydrogen (secondary N) is 2. The van der Waals surface area contributed by atoms with Gasteiger partial charge in [0.25, 0.3) is 0 Å². The molecule has 0 aliphatic carbocycles. The van der Waals surface area contributed by atoms with E-state index in [2.05, 4.69) is 5.32 Å². The van der Waals surface area contributed by atoms with Crippen LogP contribution in [0.3, 0.4) is 0 Å². The molecule has 0 radical (unpaired) electrons. The largest absolute Gasteiger partial charge is 0.471 e. The van der Waals surface area contributed by atoms with E-state index < -0.39 is 18.1 Å². The van der Waals surface area contributed by atoms with Crippen molar-refractivity contribution in [2.24, 2.45) is 5.92 Å². The molecule has 0 aromatic carbocycles. The van der Waals surface area contributed by atoms with Crippen molar-refractivity contribution in [2.75, 3.05) is 6.54 Å². The van der Waals surface area contributed by atoms with Gasteiger partial charge >= 0.3 is 12.1 Å². The lowest BCUT2D eigenvalue weighted by Crippen LogP contribution is -2.58. The van der Waals surface area contributed by atoms with Gasteiger partial charge in [-0.05, 0) is 25.8 Å². The van der Waals surface area contributed by atoms with E-state index in [4.69, 9.17) is 0 Å². The average Bonchev–Trinajstić information content (AvgIpc) is 2.09. The van der Waals surface area contributed by atoms with Crippen molar-refractivity contribution < 1.29 is 18.0 Å². The topological polar surface area (TPSA) is 41.1 Å². The average molecular weight is 224 g/mol. The fourth-order valence-electron chi connectivity index (χ4n) is 1.84. The normalized spacial score (nSPS) is 32.5. The number of carbonyl (C=O) groups excluding carboxylic acids is 1. The minimum atomic E-state index is -4.79. The molecule has 2 N–H and O–H groups in total. The second-order valence-corrected chi connectivity index (χ2v) is 4.01. The highest BCUT2D eigenvalue weighted by Gasteiger charge is 2.41. The Morgan fingerprint density at radius 1 is 1.40 bits per heavy atom. The molecule has 0 spiro atoms. The van der Waals surface area contributed by atoms with E-state index >= 15 is 0 Å². The number of hydrogen-bond donors (Lipinski definition) is 2. The summed E-state index contributed by atoms with van der Waals surface area (Å²) in [6.45, 7) is 4.40. The van der Waals surface area contributed by atoms with Crippen molar-refractivity contribution in [3.63, 3.8) is 0 Å². The molecule has 1 aliphatic rings. The van der Waals surface area contributed by atoms with Crippen LogP contribution in [0.25, 0.3) is 0 Å². The molecule has 1 fully saturated rings. The predicted molar refractivity (Wildman–Crippen MR) is 49.2 cm³/mol. The van der Waals surface area contributed by atoms with Gasteiger partial charge in [0.05, 0.1) is 0 Å². The van der Waals surface area contributed by atoms with Gasteiger partial charge in [-0.2, -0.15) is 13.2 Å². The van der Waals surface area contributed by atoms with Gasteiger partial charge in [0.15, 0.2) is 0 Å². The first-order valence-electron chi connectivity index (χ1n) is 4.93. The van der Waals surface area contributed by atoms with Crippen LogP contribution in [0.15, 0.2) is 0 Å². The van der Waals surface area contributed by atoms with Crippen LogP contribution in [-0.2, 0) is 4.79 Å². The lowest BCUT2D eigenvalue weighted by Gasteiger charge is -2.36. The van der Waals surface area contributed by atoms with E-state index in [0.29, 0.717) is 0 Å². The minimum Gasteiger partial charge on any atom is -0.344 e. The number of amides is 1. The third-order valence-corrected chi connectivity index (χ3v) is 2.77. The molecule has 1 amide bonds. The monoisotopic (exact) mass is 224 g/mol. The summed E-state index contributed by atoms with van der Waals surface area (Å²) in [6, 6.07) is -0.576. The van der Waals surface area contributed by atoms with E-state index in [1.54, 1.807) is 6.92 Å². The van der Waals surface area contributed by atoms with Gasteiger partial charge < -0.3 is 10.6 Å². The van der Waals surface area contributed by atoms with Crippen LogP contribution in [0.5, 0.6) is 0 Å². The zero-order chi connectivity index (χ0) is 11.6. The highest BCUT2D eigenvalue weighted by Crippen LogP contribution is 2.20. The van der Waals surface area contributed by atoms with Crippen molar-refractivity contribution in [2.45, 2.75) is 38.5 Å². The van der Waals surface area contributed by atoms with Crippen molar-refractivity contribution in [3.05, 3.63) is 0 Å². The first kappa shape index (κ1) is 12.3. The Morgan fingerprint density at radius 3 is 2.47 bits per heavy atom. The summed E-state index contributed by atoms with van der Waals surface area (Å²) in [5.74, 6) is -1.79. The van der Waals surface area contributed by atoms with E-state index in [0.717, 1.165) is 13.0 Å². The second-order valence-electron chi connectivity index (χ2n) is 4.01. The van der Waals surface area contributed by atoms with Crippen LogP contribution in [0.1, 0.15) is 20.3 Å². The lowest BCUT2D eigenvalue weighted by atomic mass is 9.89. The maximum atomic E-state index is 12.0. The molecule has 3 atom stereocenters. The van der Waals surface area contributed by atoms with Gasteiger partial charge in [0.2, 0.25) is 0 Å². The summed E-state index contributed by atoms with van der Waals surface area (Å²) in [5.41, 5.74) is 0. The van der Waals surface area contributed by atoms with Crippen LogP contribution in [0.4, 0.5) is 13.2 Å². The standard InChI is InChI=1S/C9H15F3N2O/c1-5-3-4-13-6(2)7(5)14-8(15)9(10,11)12/h5-7,13H,3-4H2,1-2H3,(H,14,15)/t5-,6-,7-/m0/s1. The predicted octanol–water partition coefficient (Wildman–Crippen LogP) is 1.05. The Labute approximate surface area is 86.4 Å². The Hall–Kier alpha value is -0.780. The number of carbonyl (C=O) groups is 1. The number of alkyl halides is 3. The third-order valence-electron chi connectivity index (χ3n) is 2.77. The first-order chi connectivity index (χ1) is 6.82. The molecule has 0 aromatic rings. The Morgan fingerprint density at radius 2 is 2.00 bits per heavy atom. The van der Waals surface area contributed by atoms with Crippen molar-refractivity contribution >= 4 is 5.91 Å². The lowest BCUT2D eigenvalue weighted by molar-refractivity contribution is -0.175. The van der Waals surface area contributed by atoms with Gasteiger partial charge in [-0.15, -0.1) is 0 Å². The summed E-state index contributed by atoms with van der Waals surface area (Å²) >= 11 is 0. The second kappa shape index (κ2) is 4.38. The summed E-state index contributed by atoms with van der Waals surface area (Å²) in [7, 11) is 0. The van der Waals surface area contributed by atoms with Gasteiger partial charge in [0, 0.05) is 12.1 Å². The van der Waals surface area contributed by atoms with E-state index in [1.807, 2.05) is 12.2 Å². The van der Waals surface area contributed by atoms with Crippen LogP contribution < -0.4 is 10.6 Å². The zero-order valence-corrected chi connectivity index (χ0v) is 8.69. The molecular formula is C9H15F3N2O. The summed E-state index contributed by atoms with van der Waals surface area (Å²) in [6.07, 6.45) is -4.02. The minimum absolute atomic E-state index is 0.0625. The Kier molecular flexibility index (Phi) is 3.59. The van der Waals surface area contributed by atoms with E-state index in [1.165, 1.54) is 0 Å². The van der Waals surface area contributed by atoms with Crippen LogP contribution in [0.2, 0.25) is 0 Å². The van der Waals surface area contributed by atoms with Gasteiger partial charge in [-0.3, -0.25) is 4.79 Å². The summed E-state index contributed by atoms with van der Waals surface area (Å²) in [4.78, 5) is 10.8. The van der Waals surface area contributed by atoms with E-state index in [9.17, 15) is 18.0 Å². The summed E-state index contributed by atoms with van der Waals surface area (Å²) in [5, 5.41) is 5.07. The van der Waals surface area contributed by atoms with Crippen LogP contribution >= 0.6 is 0 Å². The van der Waals surface area contributed by atoms with Crippen LogP contribution in [-0.4, -0.2) is 30.7 Å². The SMILES string of the molecule is C[C@@H]1NCC[C@H](C)[C@@H]1NC(=O)C(F)(F)F. The number of rotatable bonds is 1. The number of hydrogen-bond acceptors (Lipinski definition) is 2. The Bertz CT molecular complexity index is 232. The zero-order valence-electron chi connectivity index (χ0n) is 8.69.